The van der Waals surface area contributed by atoms with Crippen molar-refractivity contribution >= 4 is 22.6 Å². The van der Waals surface area contributed by atoms with Crippen LogP contribution in [0, 0.1) is 0 Å². The number of allylic oxidation sites excluding steroid dienone is 1. The Balaban J connectivity index is 2.02. The van der Waals surface area contributed by atoms with Crippen LogP contribution in [-0.2, 0) is 0 Å². The van der Waals surface area contributed by atoms with E-state index in [-0.39, 0.29) is 0 Å². The van der Waals surface area contributed by atoms with Gasteiger partial charge in [0.25, 0.3) is 0 Å². The minimum absolute atomic E-state index is 0.353. The summed E-state index contributed by atoms with van der Waals surface area (Å²) in [5.41, 5.74) is 1.06. The summed E-state index contributed by atoms with van der Waals surface area (Å²) in [6.07, 6.45) is 1.30. The Kier molecular flexibility index (Phi) is 3.61. The third-order valence-electron chi connectivity index (χ3n) is 3.36. The average molecular weight is 276 g/mol. The molecule has 0 aliphatic rings. The first-order valence-electron chi connectivity index (χ1n) is 6.70. The minimum atomic E-state index is -0.752. The first-order chi connectivity index (χ1) is 10.3. The standard InChI is InChI=1S/C19H13FO/c20-18(19(21)15-8-2-1-3-9-15)13-16-11-6-10-14-7-4-5-12-17(14)16/h1-13H/b18-13-. The molecule has 0 bridgehead atoms. The summed E-state index contributed by atoms with van der Waals surface area (Å²) in [4.78, 5) is 12.0. The summed E-state index contributed by atoms with van der Waals surface area (Å²) in [7, 11) is 0. The smallest absolute Gasteiger partial charge is 0.221 e. The highest BCUT2D eigenvalue weighted by Gasteiger charge is 2.11. The summed E-state index contributed by atoms with van der Waals surface area (Å²) in [5.74, 6) is -1.35. The second-order valence-electron chi connectivity index (χ2n) is 4.76. The lowest BCUT2D eigenvalue weighted by Gasteiger charge is -2.03. The normalized spacial score (nSPS) is 11.6. The molecule has 0 aliphatic carbocycles. The van der Waals surface area contributed by atoms with E-state index >= 15 is 0 Å². The number of halogens is 1. The van der Waals surface area contributed by atoms with Gasteiger partial charge in [-0.05, 0) is 22.4 Å². The molecule has 0 atom stereocenters. The molecule has 0 N–H and O–H groups in total. The van der Waals surface area contributed by atoms with Crippen LogP contribution in [0.1, 0.15) is 15.9 Å². The number of ketones is 1. The van der Waals surface area contributed by atoms with Crippen molar-refractivity contribution in [1.29, 1.82) is 0 Å². The van der Waals surface area contributed by atoms with E-state index in [0.717, 1.165) is 10.8 Å². The van der Waals surface area contributed by atoms with Crippen LogP contribution in [0.4, 0.5) is 4.39 Å². The molecule has 0 spiro atoms. The van der Waals surface area contributed by atoms with Crippen molar-refractivity contribution < 1.29 is 9.18 Å². The zero-order valence-electron chi connectivity index (χ0n) is 11.3. The fourth-order valence-electron chi connectivity index (χ4n) is 2.31. The zero-order chi connectivity index (χ0) is 14.7. The van der Waals surface area contributed by atoms with E-state index in [2.05, 4.69) is 0 Å². The third-order valence-corrected chi connectivity index (χ3v) is 3.36. The molecular weight excluding hydrogens is 263 g/mol. The van der Waals surface area contributed by atoms with Crippen LogP contribution in [-0.4, -0.2) is 5.78 Å². The Morgan fingerprint density at radius 2 is 1.48 bits per heavy atom. The van der Waals surface area contributed by atoms with Crippen molar-refractivity contribution in [2.45, 2.75) is 0 Å². The molecule has 1 nitrogen and oxygen atoms in total. The van der Waals surface area contributed by atoms with E-state index in [1.807, 2.05) is 36.4 Å². The Bertz CT molecular complexity index is 814. The van der Waals surface area contributed by atoms with Gasteiger partial charge in [-0.2, -0.15) is 0 Å². The van der Waals surface area contributed by atoms with Crippen LogP contribution in [0.5, 0.6) is 0 Å². The molecule has 21 heavy (non-hydrogen) atoms. The maximum absolute atomic E-state index is 14.2. The Morgan fingerprint density at radius 1 is 0.810 bits per heavy atom. The minimum Gasteiger partial charge on any atom is -0.286 e. The van der Waals surface area contributed by atoms with E-state index < -0.39 is 11.6 Å². The molecule has 0 fully saturated rings. The number of benzene rings is 3. The largest absolute Gasteiger partial charge is 0.286 e. The highest BCUT2D eigenvalue weighted by molar-refractivity contribution is 6.10. The van der Waals surface area contributed by atoms with Crippen LogP contribution in [0.15, 0.2) is 78.6 Å². The van der Waals surface area contributed by atoms with Gasteiger partial charge in [0, 0.05) is 5.56 Å². The van der Waals surface area contributed by atoms with Crippen LogP contribution in [0.25, 0.3) is 16.8 Å². The summed E-state index contributed by atoms with van der Waals surface area (Å²) in [6, 6.07) is 21.8. The average Bonchev–Trinajstić information content (AvgIpc) is 2.55. The van der Waals surface area contributed by atoms with E-state index in [9.17, 15) is 9.18 Å². The first-order valence-corrected chi connectivity index (χ1v) is 6.70. The van der Waals surface area contributed by atoms with Crippen LogP contribution in [0.3, 0.4) is 0 Å². The molecule has 0 amide bonds. The molecule has 0 aliphatic heterocycles. The molecule has 3 aromatic rings. The SMILES string of the molecule is O=C(/C(F)=C/c1cccc2ccccc12)c1ccccc1. The van der Waals surface area contributed by atoms with Crippen LogP contribution < -0.4 is 0 Å². The second-order valence-corrected chi connectivity index (χ2v) is 4.76. The molecule has 3 rings (SSSR count). The Hall–Kier alpha value is -2.74. The number of hydrogen-bond donors (Lipinski definition) is 0. The second kappa shape index (κ2) is 5.71. The number of Topliss-reactive ketones (excluding diaryl/α,β-unsaturated/α-hetero) is 1. The Labute approximate surface area is 122 Å². The van der Waals surface area contributed by atoms with Gasteiger partial charge in [-0.3, -0.25) is 4.79 Å². The molecule has 0 saturated carbocycles. The van der Waals surface area contributed by atoms with E-state index in [0.29, 0.717) is 11.1 Å². The molecular formula is C19H13FO. The lowest BCUT2D eigenvalue weighted by Crippen LogP contribution is -1.99. The van der Waals surface area contributed by atoms with Gasteiger partial charge >= 0.3 is 0 Å². The number of fused-ring (bicyclic) bond motifs is 1. The lowest BCUT2D eigenvalue weighted by molar-refractivity contribution is 0.101. The molecule has 0 radical (unpaired) electrons. The maximum Gasteiger partial charge on any atom is 0.221 e. The molecule has 0 saturated heterocycles. The van der Waals surface area contributed by atoms with Crippen molar-refractivity contribution in [3.63, 3.8) is 0 Å². The maximum atomic E-state index is 14.2. The number of hydrogen-bond acceptors (Lipinski definition) is 1. The van der Waals surface area contributed by atoms with Gasteiger partial charge in [0.15, 0.2) is 5.83 Å². The van der Waals surface area contributed by atoms with Crippen LogP contribution in [0.2, 0.25) is 0 Å². The third kappa shape index (κ3) is 2.75. The van der Waals surface area contributed by atoms with Gasteiger partial charge in [-0.15, -0.1) is 0 Å². The lowest BCUT2D eigenvalue weighted by atomic mass is 10.0. The quantitative estimate of drug-likeness (QED) is 0.484. The predicted molar refractivity (Wildman–Crippen MR) is 83.8 cm³/mol. The van der Waals surface area contributed by atoms with Crippen molar-refractivity contribution in [1.82, 2.24) is 0 Å². The van der Waals surface area contributed by atoms with Gasteiger partial charge in [0.1, 0.15) is 0 Å². The van der Waals surface area contributed by atoms with Crippen molar-refractivity contribution in [3.05, 3.63) is 89.8 Å². The summed E-state index contributed by atoms with van der Waals surface area (Å²) >= 11 is 0. The monoisotopic (exact) mass is 276 g/mol. The van der Waals surface area contributed by atoms with Crippen molar-refractivity contribution in [2.75, 3.05) is 0 Å². The van der Waals surface area contributed by atoms with Crippen molar-refractivity contribution in [2.24, 2.45) is 0 Å². The van der Waals surface area contributed by atoms with Gasteiger partial charge in [0.05, 0.1) is 0 Å². The summed E-state index contributed by atoms with van der Waals surface area (Å²) in [5, 5.41) is 1.95. The highest BCUT2D eigenvalue weighted by atomic mass is 19.1. The number of rotatable bonds is 3. The fourth-order valence-corrected chi connectivity index (χ4v) is 2.31. The van der Waals surface area contributed by atoms with Gasteiger partial charge in [-0.1, -0.05) is 72.8 Å². The molecule has 3 aromatic carbocycles. The molecule has 102 valence electrons. The summed E-state index contributed by atoms with van der Waals surface area (Å²) < 4.78 is 14.2. The zero-order valence-corrected chi connectivity index (χ0v) is 11.3. The summed E-state index contributed by atoms with van der Waals surface area (Å²) in [6.45, 7) is 0. The first kappa shape index (κ1) is 13.3. The van der Waals surface area contributed by atoms with E-state index in [1.165, 1.54) is 6.08 Å². The van der Waals surface area contributed by atoms with E-state index in [4.69, 9.17) is 0 Å². The molecule has 0 aromatic heterocycles. The number of carbonyl (C=O) groups excluding carboxylic acids is 1. The van der Waals surface area contributed by atoms with E-state index in [1.54, 1.807) is 36.4 Å². The van der Waals surface area contributed by atoms with Gasteiger partial charge in [-0.25, -0.2) is 4.39 Å². The van der Waals surface area contributed by atoms with Gasteiger partial charge < -0.3 is 0 Å². The number of carbonyl (C=O) groups is 1. The molecule has 0 heterocycles. The molecule has 2 heteroatoms. The highest BCUT2D eigenvalue weighted by Crippen LogP contribution is 2.22. The fraction of sp³-hybridized carbons (Fsp3) is 0. The van der Waals surface area contributed by atoms with Gasteiger partial charge in [0.2, 0.25) is 5.78 Å². The Morgan fingerprint density at radius 3 is 2.29 bits per heavy atom. The van der Waals surface area contributed by atoms with Crippen LogP contribution >= 0.6 is 0 Å². The van der Waals surface area contributed by atoms with Crippen molar-refractivity contribution in [3.8, 4) is 0 Å². The topological polar surface area (TPSA) is 17.1 Å². The molecule has 0 unspecified atom stereocenters. The predicted octanol–water partition coefficient (Wildman–Crippen LogP) is 5.03.